The van der Waals surface area contributed by atoms with Gasteiger partial charge in [-0.2, -0.15) is 0 Å². The van der Waals surface area contributed by atoms with E-state index in [1.54, 1.807) is 16.7 Å². The molecule has 0 aliphatic rings. The summed E-state index contributed by atoms with van der Waals surface area (Å²) in [6.45, 7) is 2.97. The van der Waals surface area contributed by atoms with Crippen molar-refractivity contribution >= 4 is 28.6 Å². The monoisotopic (exact) mass is 267 g/mol. The lowest BCUT2D eigenvalue weighted by Crippen LogP contribution is -2.22. The summed E-state index contributed by atoms with van der Waals surface area (Å²) >= 11 is 3.09. The molecule has 90 valence electrons. The van der Waals surface area contributed by atoms with Crippen molar-refractivity contribution in [2.24, 2.45) is 5.73 Å². The van der Waals surface area contributed by atoms with E-state index in [4.69, 9.17) is 5.73 Å². The summed E-state index contributed by atoms with van der Waals surface area (Å²) in [6, 6.07) is 4.06. The average Bonchev–Trinajstić information content (AvgIpc) is 2.94. The second-order valence-corrected chi connectivity index (χ2v) is 5.84. The van der Waals surface area contributed by atoms with Crippen molar-refractivity contribution in [3.63, 3.8) is 0 Å². The van der Waals surface area contributed by atoms with E-state index in [9.17, 15) is 4.79 Å². The minimum absolute atomic E-state index is 0.146. The van der Waals surface area contributed by atoms with Crippen LogP contribution in [0.4, 0.5) is 0 Å². The van der Waals surface area contributed by atoms with Crippen LogP contribution >= 0.6 is 22.7 Å². The van der Waals surface area contributed by atoms with Crippen LogP contribution in [0.3, 0.4) is 0 Å². The second-order valence-electron chi connectivity index (χ2n) is 3.53. The fourth-order valence-corrected chi connectivity index (χ4v) is 2.83. The van der Waals surface area contributed by atoms with E-state index in [1.165, 1.54) is 16.2 Å². The molecule has 0 atom stereocenters. The maximum atomic E-state index is 11.8. The van der Waals surface area contributed by atoms with Crippen LogP contribution in [0.15, 0.2) is 17.5 Å². The van der Waals surface area contributed by atoms with Gasteiger partial charge < -0.3 is 11.1 Å². The highest BCUT2D eigenvalue weighted by molar-refractivity contribution is 7.11. The van der Waals surface area contributed by atoms with Crippen molar-refractivity contribution in [2.45, 2.75) is 20.0 Å². The number of amides is 1. The average molecular weight is 267 g/mol. The van der Waals surface area contributed by atoms with Crippen LogP contribution in [0, 0.1) is 6.92 Å². The number of nitrogens with one attached hydrogen (secondary N) is 1. The Morgan fingerprint density at radius 1 is 1.53 bits per heavy atom. The normalized spacial score (nSPS) is 10.5. The van der Waals surface area contributed by atoms with E-state index >= 15 is 0 Å². The van der Waals surface area contributed by atoms with Gasteiger partial charge in [0, 0.05) is 21.7 Å². The first kappa shape index (κ1) is 12.2. The molecule has 0 saturated heterocycles. The SMILES string of the molecule is Cc1ccc(CNC(=O)c2csc(CN)n2)s1. The van der Waals surface area contributed by atoms with E-state index in [1.807, 2.05) is 19.1 Å². The van der Waals surface area contributed by atoms with Crippen molar-refractivity contribution in [3.05, 3.63) is 38.0 Å². The molecule has 0 aromatic carbocycles. The number of hydrogen-bond acceptors (Lipinski definition) is 5. The molecule has 0 aliphatic carbocycles. The van der Waals surface area contributed by atoms with Gasteiger partial charge >= 0.3 is 0 Å². The van der Waals surface area contributed by atoms with Crippen LogP contribution < -0.4 is 11.1 Å². The molecule has 2 heterocycles. The molecule has 17 heavy (non-hydrogen) atoms. The van der Waals surface area contributed by atoms with E-state index in [2.05, 4.69) is 10.3 Å². The number of hydrogen-bond donors (Lipinski definition) is 2. The summed E-state index contributed by atoms with van der Waals surface area (Å²) in [5, 5.41) is 5.35. The predicted octanol–water partition coefficient (Wildman–Crippen LogP) is 1.90. The molecule has 6 heteroatoms. The summed E-state index contributed by atoms with van der Waals surface area (Å²) in [4.78, 5) is 18.3. The maximum absolute atomic E-state index is 11.8. The Hall–Kier alpha value is -1.24. The second kappa shape index (κ2) is 5.39. The van der Waals surface area contributed by atoms with Gasteiger partial charge in [0.25, 0.3) is 5.91 Å². The van der Waals surface area contributed by atoms with Crippen LogP contribution in [0.1, 0.15) is 25.3 Å². The van der Waals surface area contributed by atoms with Gasteiger partial charge in [-0.15, -0.1) is 22.7 Å². The molecule has 0 bridgehead atoms. The fraction of sp³-hybridized carbons (Fsp3) is 0.273. The van der Waals surface area contributed by atoms with Crippen molar-refractivity contribution in [1.82, 2.24) is 10.3 Å². The maximum Gasteiger partial charge on any atom is 0.271 e. The molecule has 0 fully saturated rings. The van der Waals surface area contributed by atoms with Gasteiger partial charge in [-0.05, 0) is 19.1 Å². The van der Waals surface area contributed by atoms with Crippen LogP contribution in [0.2, 0.25) is 0 Å². The Balaban J connectivity index is 1.93. The number of carbonyl (C=O) groups is 1. The van der Waals surface area contributed by atoms with Gasteiger partial charge in [0.1, 0.15) is 10.7 Å². The first-order valence-corrected chi connectivity index (χ1v) is 6.86. The summed E-state index contributed by atoms with van der Waals surface area (Å²) in [5.41, 5.74) is 5.90. The smallest absolute Gasteiger partial charge is 0.271 e. The summed E-state index contributed by atoms with van der Waals surface area (Å²) < 4.78 is 0. The topological polar surface area (TPSA) is 68.0 Å². The zero-order valence-electron chi connectivity index (χ0n) is 9.40. The largest absolute Gasteiger partial charge is 0.346 e. The first-order valence-electron chi connectivity index (χ1n) is 5.17. The number of carbonyl (C=O) groups excluding carboxylic acids is 1. The van der Waals surface area contributed by atoms with E-state index in [-0.39, 0.29) is 5.91 Å². The molecule has 2 rings (SSSR count). The zero-order chi connectivity index (χ0) is 12.3. The van der Waals surface area contributed by atoms with Crippen molar-refractivity contribution in [2.75, 3.05) is 0 Å². The lowest BCUT2D eigenvalue weighted by Gasteiger charge is -2.00. The van der Waals surface area contributed by atoms with Crippen molar-refractivity contribution < 1.29 is 4.79 Å². The highest BCUT2D eigenvalue weighted by Crippen LogP contribution is 2.15. The van der Waals surface area contributed by atoms with Gasteiger partial charge in [-0.1, -0.05) is 0 Å². The first-order chi connectivity index (χ1) is 8.19. The number of thiazole rings is 1. The molecule has 2 aromatic heterocycles. The Labute approximate surface area is 107 Å². The number of rotatable bonds is 4. The third-order valence-corrected chi connectivity index (χ3v) is 4.05. The number of nitrogens with two attached hydrogens (primary N) is 1. The quantitative estimate of drug-likeness (QED) is 0.889. The minimum Gasteiger partial charge on any atom is -0.346 e. The summed E-state index contributed by atoms with van der Waals surface area (Å²) in [7, 11) is 0. The highest BCUT2D eigenvalue weighted by Gasteiger charge is 2.09. The zero-order valence-corrected chi connectivity index (χ0v) is 11.0. The van der Waals surface area contributed by atoms with E-state index in [0.717, 1.165) is 9.88 Å². The third-order valence-electron chi connectivity index (χ3n) is 2.18. The van der Waals surface area contributed by atoms with E-state index < -0.39 is 0 Å². The minimum atomic E-state index is -0.146. The molecule has 0 aliphatic heterocycles. The Kier molecular flexibility index (Phi) is 3.88. The number of aryl methyl sites for hydroxylation is 1. The van der Waals surface area contributed by atoms with Crippen LogP contribution in [-0.4, -0.2) is 10.9 Å². The van der Waals surface area contributed by atoms with Crippen molar-refractivity contribution in [1.29, 1.82) is 0 Å². The molecular formula is C11H13N3OS2. The number of thiophene rings is 1. The molecule has 0 radical (unpaired) electrons. The summed E-state index contributed by atoms with van der Waals surface area (Å²) in [5.74, 6) is -0.146. The van der Waals surface area contributed by atoms with Crippen LogP contribution in [0.5, 0.6) is 0 Å². The number of aromatic nitrogens is 1. The third kappa shape index (κ3) is 3.12. The highest BCUT2D eigenvalue weighted by atomic mass is 32.1. The predicted molar refractivity (Wildman–Crippen MR) is 70.2 cm³/mol. The molecule has 4 nitrogen and oxygen atoms in total. The Bertz CT molecular complexity index is 518. The lowest BCUT2D eigenvalue weighted by molar-refractivity contribution is 0.0947. The molecule has 1 amide bonds. The van der Waals surface area contributed by atoms with E-state index in [0.29, 0.717) is 18.8 Å². The fourth-order valence-electron chi connectivity index (χ4n) is 1.35. The van der Waals surface area contributed by atoms with Crippen LogP contribution in [-0.2, 0) is 13.1 Å². The number of nitrogens with zero attached hydrogens (tertiary/aromatic N) is 1. The van der Waals surface area contributed by atoms with Crippen molar-refractivity contribution in [3.8, 4) is 0 Å². The van der Waals surface area contributed by atoms with Gasteiger partial charge in [-0.3, -0.25) is 4.79 Å². The Morgan fingerprint density at radius 3 is 2.94 bits per heavy atom. The Morgan fingerprint density at radius 2 is 2.35 bits per heavy atom. The van der Waals surface area contributed by atoms with Gasteiger partial charge in [0.15, 0.2) is 0 Å². The van der Waals surface area contributed by atoms with Gasteiger partial charge in [0.05, 0.1) is 6.54 Å². The summed E-state index contributed by atoms with van der Waals surface area (Å²) in [6.07, 6.45) is 0. The standard InChI is InChI=1S/C11H13N3OS2/c1-7-2-3-8(17-7)5-13-11(15)9-6-16-10(4-12)14-9/h2-3,6H,4-5,12H2,1H3,(H,13,15). The molecule has 3 N–H and O–H groups in total. The van der Waals surface area contributed by atoms with Crippen LogP contribution in [0.25, 0.3) is 0 Å². The molecule has 0 unspecified atom stereocenters. The van der Waals surface area contributed by atoms with Gasteiger partial charge in [0.2, 0.25) is 0 Å². The molecular weight excluding hydrogens is 254 g/mol. The lowest BCUT2D eigenvalue weighted by atomic mass is 10.4. The molecule has 2 aromatic rings. The molecule has 0 spiro atoms. The van der Waals surface area contributed by atoms with Gasteiger partial charge in [-0.25, -0.2) is 4.98 Å². The molecule has 0 saturated carbocycles.